The standard InChI is InChI=1S/C18H17NO5S/c1-12(20)19-15-7-5-14(6-8-15)17(18(21)22)11-13-3-9-16(10-4-13)25(2,23)24/h3-11H,1-2H3,(H,19,20)(H,21,22)/b17-11+. The minimum Gasteiger partial charge on any atom is -0.478 e. The molecule has 0 aliphatic heterocycles. The maximum Gasteiger partial charge on any atom is 0.336 e. The van der Waals surface area contributed by atoms with Gasteiger partial charge >= 0.3 is 5.97 Å². The highest BCUT2D eigenvalue weighted by molar-refractivity contribution is 7.90. The van der Waals surface area contributed by atoms with Crippen molar-refractivity contribution in [1.29, 1.82) is 0 Å². The maximum absolute atomic E-state index is 11.6. The van der Waals surface area contributed by atoms with Crippen molar-refractivity contribution in [3.8, 4) is 0 Å². The number of hydrogen-bond donors (Lipinski definition) is 2. The summed E-state index contributed by atoms with van der Waals surface area (Å²) in [7, 11) is -3.30. The van der Waals surface area contributed by atoms with Gasteiger partial charge in [-0.1, -0.05) is 24.3 Å². The Morgan fingerprint density at radius 3 is 2.00 bits per heavy atom. The fourth-order valence-electron chi connectivity index (χ4n) is 2.18. The van der Waals surface area contributed by atoms with Gasteiger partial charge in [0.2, 0.25) is 5.91 Å². The van der Waals surface area contributed by atoms with E-state index in [0.29, 0.717) is 16.8 Å². The third kappa shape index (κ3) is 5.02. The van der Waals surface area contributed by atoms with Crippen LogP contribution in [-0.4, -0.2) is 31.7 Å². The number of rotatable bonds is 5. The molecule has 0 aromatic heterocycles. The van der Waals surface area contributed by atoms with Gasteiger partial charge in [-0.15, -0.1) is 0 Å². The molecule has 0 unspecified atom stereocenters. The Balaban J connectivity index is 2.36. The van der Waals surface area contributed by atoms with E-state index in [1.807, 2.05) is 0 Å². The van der Waals surface area contributed by atoms with Gasteiger partial charge in [-0.2, -0.15) is 0 Å². The smallest absolute Gasteiger partial charge is 0.336 e. The van der Waals surface area contributed by atoms with E-state index in [-0.39, 0.29) is 16.4 Å². The molecule has 2 aromatic rings. The molecule has 0 fully saturated rings. The molecule has 1 amide bonds. The molecule has 0 aliphatic rings. The number of anilines is 1. The second kappa shape index (κ2) is 7.31. The molecule has 0 spiro atoms. The van der Waals surface area contributed by atoms with Gasteiger partial charge in [0.15, 0.2) is 9.84 Å². The van der Waals surface area contributed by atoms with E-state index >= 15 is 0 Å². The summed E-state index contributed by atoms with van der Waals surface area (Å²) in [5.41, 5.74) is 1.66. The van der Waals surface area contributed by atoms with Gasteiger partial charge in [-0.3, -0.25) is 4.79 Å². The van der Waals surface area contributed by atoms with Crippen molar-refractivity contribution >= 4 is 39.1 Å². The van der Waals surface area contributed by atoms with Crippen LogP contribution in [0.25, 0.3) is 11.6 Å². The third-order valence-corrected chi connectivity index (χ3v) is 4.49. The van der Waals surface area contributed by atoms with E-state index < -0.39 is 15.8 Å². The van der Waals surface area contributed by atoms with Crippen molar-refractivity contribution in [2.45, 2.75) is 11.8 Å². The first kappa shape index (κ1) is 18.4. The SMILES string of the molecule is CC(=O)Nc1ccc(/C(=C\c2ccc(S(C)(=O)=O)cc2)C(=O)O)cc1. The van der Waals surface area contributed by atoms with Gasteiger partial charge in [0.1, 0.15) is 0 Å². The van der Waals surface area contributed by atoms with Crippen LogP contribution in [0.3, 0.4) is 0 Å². The molecule has 0 aliphatic carbocycles. The second-order valence-electron chi connectivity index (χ2n) is 5.46. The molecule has 0 bridgehead atoms. The monoisotopic (exact) mass is 359 g/mol. The lowest BCUT2D eigenvalue weighted by molar-refractivity contribution is -0.130. The molecule has 0 atom stereocenters. The molecular weight excluding hydrogens is 342 g/mol. The van der Waals surface area contributed by atoms with Crippen molar-refractivity contribution < 1.29 is 23.1 Å². The first-order valence-electron chi connectivity index (χ1n) is 7.30. The van der Waals surface area contributed by atoms with Crippen molar-refractivity contribution in [3.63, 3.8) is 0 Å². The second-order valence-corrected chi connectivity index (χ2v) is 7.48. The summed E-state index contributed by atoms with van der Waals surface area (Å²) in [4.78, 5) is 22.7. The van der Waals surface area contributed by atoms with Crippen molar-refractivity contribution in [1.82, 2.24) is 0 Å². The molecule has 7 heteroatoms. The van der Waals surface area contributed by atoms with Crippen LogP contribution >= 0.6 is 0 Å². The average molecular weight is 359 g/mol. The molecule has 130 valence electrons. The van der Waals surface area contributed by atoms with Gasteiger partial charge in [-0.05, 0) is 41.5 Å². The quantitative estimate of drug-likeness (QED) is 0.631. The predicted octanol–water partition coefficient (Wildman–Crippen LogP) is 2.67. The van der Waals surface area contributed by atoms with E-state index in [2.05, 4.69) is 5.32 Å². The van der Waals surface area contributed by atoms with Crippen LogP contribution in [0.15, 0.2) is 53.4 Å². The largest absolute Gasteiger partial charge is 0.478 e. The maximum atomic E-state index is 11.6. The van der Waals surface area contributed by atoms with Crippen LogP contribution in [0.1, 0.15) is 18.1 Å². The van der Waals surface area contributed by atoms with Crippen LogP contribution in [0, 0.1) is 0 Å². The average Bonchev–Trinajstić information content (AvgIpc) is 2.52. The molecule has 2 rings (SSSR count). The number of benzene rings is 2. The Kier molecular flexibility index (Phi) is 5.38. The van der Waals surface area contributed by atoms with E-state index in [1.54, 1.807) is 36.4 Å². The summed E-state index contributed by atoms with van der Waals surface area (Å²) in [6.07, 6.45) is 2.57. The Hall–Kier alpha value is -2.93. The molecule has 0 saturated carbocycles. The highest BCUT2D eigenvalue weighted by atomic mass is 32.2. The Bertz CT molecular complexity index is 926. The zero-order valence-electron chi connectivity index (χ0n) is 13.7. The number of aliphatic carboxylic acids is 1. The van der Waals surface area contributed by atoms with Gasteiger partial charge in [0.25, 0.3) is 0 Å². The number of nitrogens with one attached hydrogen (secondary N) is 1. The molecular formula is C18H17NO5S. The molecule has 2 N–H and O–H groups in total. The zero-order chi connectivity index (χ0) is 18.6. The van der Waals surface area contributed by atoms with Crippen molar-refractivity contribution in [2.75, 3.05) is 11.6 Å². The summed E-state index contributed by atoms with van der Waals surface area (Å²) in [5.74, 6) is -1.33. The van der Waals surface area contributed by atoms with E-state index in [0.717, 1.165) is 6.26 Å². The fraction of sp³-hybridized carbons (Fsp3) is 0.111. The number of sulfone groups is 1. The Morgan fingerprint density at radius 2 is 1.56 bits per heavy atom. The summed E-state index contributed by atoms with van der Waals surface area (Å²) in [6.45, 7) is 1.39. The van der Waals surface area contributed by atoms with E-state index in [1.165, 1.54) is 25.1 Å². The van der Waals surface area contributed by atoms with Crippen LogP contribution < -0.4 is 5.32 Å². The lowest BCUT2D eigenvalue weighted by atomic mass is 10.0. The summed E-state index contributed by atoms with van der Waals surface area (Å²) in [5, 5.41) is 12.1. The third-order valence-electron chi connectivity index (χ3n) is 3.37. The summed E-state index contributed by atoms with van der Waals surface area (Å²) in [6, 6.07) is 12.4. The van der Waals surface area contributed by atoms with Gasteiger partial charge in [0, 0.05) is 18.9 Å². The summed E-state index contributed by atoms with van der Waals surface area (Å²) < 4.78 is 22.9. The predicted molar refractivity (Wildman–Crippen MR) is 95.8 cm³/mol. The van der Waals surface area contributed by atoms with Crippen molar-refractivity contribution in [2.24, 2.45) is 0 Å². The van der Waals surface area contributed by atoms with Gasteiger partial charge in [-0.25, -0.2) is 13.2 Å². The fourth-order valence-corrected chi connectivity index (χ4v) is 2.81. The molecule has 25 heavy (non-hydrogen) atoms. The topological polar surface area (TPSA) is 101 Å². The lowest BCUT2D eigenvalue weighted by Crippen LogP contribution is -2.06. The van der Waals surface area contributed by atoms with Gasteiger partial charge in [0.05, 0.1) is 10.5 Å². The minimum absolute atomic E-state index is 0.0569. The summed E-state index contributed by atoms with van der Waals surface area (Å²) >= 11 is 0. The molecule has 0 saturated heterocycles. The lowest BCUT2D eigenvalue weighted by Gasteiger charge is -2.06. The number of amides is 1. The van der Waals surface area contributed by atoms with E-state index in [4.69, 9.17) is 0 Å². The molecule has 0 radical (unpaired) electrons. The highest BCUT2D eigenvalue weighted by Gasteiger charge is 2.11. The highest BCUT2D eigenvalue weighted by Crippen LogP contribution is 2.21. The Morgan fingerprint density at radius 1 is 1.00 bits per heavy atom. The Labute approximate surface area is 145 Å². The number of carboxylic acids is 1. The number of hydrogen-bond acceptors (Lipinski definition) is 4. The van der Waals surface area contributed by atoms with Crippen LogP contribution in [-0.2, 0) is 19.4 Å². The minimum atomic E-state index is -3.30. The van der Waals surface area contributed by atoms with Crippen molar-refractivity contribution in [3.05, 3.63) is 59.7 Å². The van der Waals surface area contributed by atoms with Crippen LogP contribution in [0.2, 0.25) is 0 Å². The first-order chi connectivity index (χ1) is 11.7. The van der Waals surface area contributed by atoms with Crippen LogP contribution in [0.4, 0.5) is 5.69 Å². The normalized spacial score (nSPS) is 11.8. The molecule has 2 aromatic carbocycles. The van der Waals surface area contributed by atoms with Gasteiger partial charge < -0.3 is 10.4 Å². The number of carbonyl (C=O) groups is 2. The first-order valence-corrected chi connectivity index (χ1v) is 9.19. The number of carboxylic acid groups (broad SMARTS) is 1. The van der Waals surface area contributed by atoms with Crippen LogP contribution in [0.5, 0.6) is 0 Å². The number of carbonyl (C=O) groups excluding carboxylic acids is 1. The molecule has 0 heterocycles. The zero-order valence-corrected chi connectivity index (χ0v) is 14.5. The molecule has 6 nitrogen and oxygen atoms in total. The van der Waals surface area contributed by atoms with E-state index in [9.17, 15) is 23.1 Å².